The first-order chi connectivity index (χ1) is 18.7. The molecule has 0 aliphatic carbocycles. The van der Waals surface area contributed by atoms with Crippen LogP contribution in [0.3, 0.4) is 0 Å². The van der Waals surface area contributed by atoms with Crippen molar-refractivity contribution < 1.29 is 32.1 Å². The van der Waals surface area contributed by atoms with E-state index in [1.165, 1.54) is 14.2 Å². The van der Waals surface area contributed by atoms with Crippen molar-refractivity contribution in [1.82, 2.24) is 24.7 Å². The number of aromatic nitrogens is 5. The topological polar surface area (TPSA) is 137 Å². The Bertz CT molecular complexity index is 1330. The van der Waals surface area contributed by atoms with Crippen molar-refractivity contribution in [2.45, 2.75) is 57.0 Å². The molecule has 2 aromatic heterocycles. The van der Waals surface area contributed by atoms with E-state index in [2.05, 4.69) is 20.2 Å². The summed E-state index contributed by atoms with van der Waals surface area (Å²) in [7, 11) is -0.837. The van der Waals surface area contributed by atoms with Gasteiger partial charge in [-0.3, -0.25) is 4.57 Å². The molecule has 0 saturated carbocycles. The van der Waals surface area contributed by atoms with Crippen LogP contribution in [-0.4, -0.2) is 78.5 Å². The second kappa shape index (κ2) is 12.4. The maximum absolute atomic E-state index is 13.9. The monoisotopic (exact) mass is 561 g/mol. The zero-order chi connectivity index (χ0) is 28.2. The normalized spacial score (nSPS) is 17.7. The summed E-state index contributed by atoms with van der Waals surface area (Å²) in [6, 6.07) is 5.28. The lowest BCUT2D eigenvalue weighted by Gasteiger charge is -2.26. The lowest BCUT2D eigenvalue weighted by atomic mass is 10.2. The number of rotatable bonds is 11. The second-order valence-electron chi connectivity index (χ2n) is 9.49. The Kier molecular flexibility index (Phi) is 9.15. The minimum absolute atomic E-state index is 0.168. The molecule has 0 spiro atoms. The van der Waals surface area contributed by atoms with Crippen LogP contribution in [0.2, 0.25) is 0 Å². The van der Waals surface area contributed by atoms with Crippen LogP contribution in [0.5, 0.6) is 11.5 Å². The Morgan fingerprint density at radius 2 is 1.72 bits per heavy atom. The number of sulfone groups is 1. The molecule has 39 heavy (non-hydrogen) atoms. The number of benzene rings is 1. The van der Waals surface area contributed by atoms with E-state index < -0.39 is 33.0 Å². The summed E-state index contributed by atoms with van der Waals surface area (Å²) >= 11 is 0. The van der Waals surface area contributed by atoms with Crippen LogP contribution in [0.25, 0.3) is 5.69 Å². The largest absolute Gasteiger partial charge is 0.494 e. The zero-order valence-electron chi connectivity index (χ0n) is 23.0. The van der Waals surface area contributed by atoms with E-state index >= 15 is 0 Å². The fraction of sp³-hybridized carbons (Fsp3) is 0.538. The van der Waals surface area contributed by atoms with Gasteiger partial charge in [0, 0.05) is 12.4 Å². The number of methoxy groups -OCH3 is 2. The van der Waals surface area contributed by atoms with Gasteiger partial charge in [-0.25, -0.2) is 18.4 Å². The van der Waals surface area contributed by atoms with Gasteiger partial charge >= 0.3 is 0 Å². The first-order valence-corrected chi connectivity index (χ1v) is 14.4. The molecule has 1 saturated heterocycles. The third-order valence-electron chi connectivity index (χ3n) is 6.28. The van der Waals surface area contributed by atoms with Crippen molar-refractivity contribution in [1.29, 1.82) is 0 Å². The molecule has 1 aliphatic heterocycles. The lowest BCUT2D eigenvalue weighted by molar-refractivity contribution is -0.0942. The summed E-state index contributed by atoms with van der Waals surface area (Å²) in [5.74, 6) is 1.31. The van der Waals surface area contributed by atoms with Gasteiger partial charge in [-0.2, -0.15) is 0 Å². The number of aryl methyl sites for hydroxylation is 1. The van der Waals surface area contributed by atoms with Crippen molar-refractivity contribution in [3.63, 3.8) is 0 Å². The summed E-state index contributed by atoms with van der Waals surface area (Å²) in [6.45, 7) is 8.20. The smallest absolute Gasteiger partial charge is 0.169 e. The first-order valence-electron chi connectivity index (χ1n) is 12.7. The Labute approximate surface area is 228 Å². The molecule has 212 valence electrons. The predicted octanol–water partition coefficient (Wildman–Crippen LogP) is 2.94. The van der Waals surface area contributed by atoms with Gasteiger partial charge < -0.3 is 23.7 Å². The molecule has 0 unspecified atom stereocenters. The van der Waals surface area contributed by atoms with E-state index in [1.54, 1.807) is 42.1 Å². The Balaban J connectivity index is 1.79. The SMILES string of the molecule is COc1cccc(OC)c1-n1c(CS(=O)(=O)[C@@H](C)[C@@H](OC(C)C)c2ncc(C)cn2)nnc1[C@@H]1COCCO1. The molecule has 3 atom stereocenters. The summed E-state index contributed by atoms with van der Waals surface area (Å²) in [5, 5.41) is 7.66. The molecule has 1 aromatic carbocycles. The lowest BCUT2D eigenvalue weighted by Crippen LogP contribution is -2.32. The van der Waals surface area contributed by atoms with Gasteiger partial charge in [0.15, 0.2) is 27.3 Å². The van der Waals surface area contributed by atoms with Crippen molar-refractivity contribution >= 4 is 9.84 Å². The van der Waals surface area contributed by atoms with Crippen molar-refractivity contribution in [2.24, 2.45) is 0 Å². The van der Waals surface area contributed by atoms with Gasteiger partial charge in [0.2, 0.25) is 0 Å². The predicted molar refractivity (Wildman–Crippen MR) is 142 cm³/mol. The number of nitrogens with zero attached hydrogens (tertiary/aromatic N) is 5. The van der Waals surface area contributed by atoms with E-state index in [1.807, 2.05) is 20.8 Å². The molecular formula is C26H35N5O7S. The summed E-state index contributed by atoms with van der Waals surface area (Å²) in [4.78, 5) is 8.70. The fourth-order valence-corrected chi connectivity index (χ4v) is 5.66. The first kappa shape index (κ1) is 28.9. The fourth-order valence-electron chi connectivity index (χ4n) is 4.29. The molecule has 3 heterocycles. The average molecular weight is 562 g/mol. The van der Waals surface area contributed by atoms with Crippen molar-refractivity contribution in [3.05, 3.63) is 53.6 Å². The quantitative estimate of drug-likeness (QED) is 0.342. The molecule has 3 aromatic rings. The molecule has 0 N–H and O–H groups in total. The molecule has 1 aliphatic rings. The third-order valence-corrected chi connectivity index (χ3v) is 8.32. The maximum Gasteiger partial charge on any atom is 0.169 e. The van der Waals surface area contributed by atoms with Crippen LogP contribution in [-0.2, 0) is 29.8 Å². The van der Waals surface area contributed by atoms with Gasteiger partial charge in [0.05, 0.1) is 45.4 Å². The van der Waals surface area contributed by atoms with Crippen LogP contribution in [0.15, 0.2) is 30.6 Å². The molecule has 12 nitrogen and oxygen atoms in total. The van der Waals surface area contributed by atoms with Gasteiger partial charge in [-0.1, -0.05) is 6.07 Å². The highest BCUT2D eigenvalue weighted by atomic mass is 32.2. The maximum atomic E-state index is 13.9. The molecule has 0 radical (unpaired) electrons. The van der Waals surface area contributed by atoms with E-state index in [-0.39, 0.29) is 18.5 Å². The molecular weight excluding hydrogens is 526 g/mol. The van der Waals surface area contributed by atoms with Gasteiger partial charge in [0.1, 0.15) is 35.1 Å². The Hall–Kier alpha value is -3.13. The van der Waals surface area contributed by atoms with Gasteiger partial charge in [-0.15, -0.1) is 10.2 Å². The highest BCUT2D eigenvalue weighted by molar-refractivity contribution is 7.91. The molecule has 0 amide bonds. The van der Waals surface area contributed by atoms with E-state index in [4.69, 9.17) is 23.7 Å². The number of hydrogen-bond acceptors (Lipinski definition) is 11. The van der Waals surface area contributed by atoms with Crippen molar-refractivity contribution in [3.8, 4) is 17.2 Å². The van der Waals surface area contributed by atoms with E-state index in [0.29, 0.717) is 42.0 Å². The van der Waals surface area contributed by atoms with Crippen LogP contribution in [0, 0.1) is 6.92 Å². The summed E-state index contributed by atoms with van der Waals surface area (Å²) < 4.78 is 58.2. The second-order valence-corrected chi connectivity index (χ2v) is 11.8. The average Bonchev–Trinajstić information content (AvgIpc) is 3.33. The van der Waals surface area contributed by atoms with E-state index in [9.17, 15) is 8.42 Å². The minimum Gasteiger partial charge on any atom is -0.494 e. The van der Waals surface area contributed by atoms with Crippen molar-refractivity contribution in [2.75, 3.05) is 34.0 Å². The summed E-state index contributed by atoms with van der Waals surface area (Å²) in [6.07, 6.45) is 1.58. The minimum atomic E-state index is -3.89. The number of para-hydroxylation sites is 1. The standard InChI is InChI=1S/C26H35N5O7S/c1-16(2)38-24(25-27-12-17(3)13-28-25)18(4)39(32,33)15-22-29-30-26(21-14-36-10-11-37-21)31(22)23-19(34-5)8-7-9-20(23)35-6/h7-9,12-13,16,18,21,24H,10-11,14-15H2,1-6H3/t18-,21-,24+/m0/s1. The van der Waals surface area contributed by atoms with Crippen LogP contribution < -0.4 is 9.47 Å². The highest BCUT2D eigenvalue weighted by Crippen LogP contribution is 2.37. The van der Waals surface area contributed by atoms with Crippen LogP contribution in [0.1, 0.15) is 56.0 Å². The number of hydrogen-bond donors (Lipinski definition) is 0. The number of ether oxygens (including phenoxy) is 5. The highest BCUT2D eigenvalue weighted by Gasteiger charge is 2.37. The van der Waals surface area contributed by atoms with Crippen LogP contribution >= 0.6 is 0 Å². The van der Waals surface area contributed by atoms with Gasteiger partial charge in [-0.05, 0) is 45.4 Å². The Morgan fingerprint density at radius 3 is 2.28 bits per heavy atom. The van der Waals surface area contributed by atoms with E-state index in [0.717, 1.165) is 5.56 Å². The molecule has 13 heteroatoms. The third kappa shape index (κ3) is 6.38. The Morgan fingerprint density at radius 1 is 1.05 bits per heavy atom. The summed E-state index contributed by atoms with van der Waals surface area (Å²) in [5.41, 5.74) is 1.32. The zero-order valence-corrected chi connectivity index (χ0v) is 23.8. The molecule has 0 bridgehead atoms. The van der Waals surface area contributed by atoms with Crippen LogP contribution in [0.4, 0.5) is 0 Å². The molecule has 4 rings (SSSR count). The van der Waals surface area contributed by atoms with Gasteiger partial charge in [0.25, 0.3) is 0 Å². The molecule has 1 fully saturated rings.